The first-order valence-electron chi connectivity index (χ1n) is 8.84. The molecule has 0 aliphatic heterocycles. The Morgan fingerprint density at radius 2 is 1.50 bits per heavy atom. The van der Waals surface area contributed by atoms with Crippen molar-refractivity contribution in [2.45, 2.75) is 27.2 Å². The number of rotatable bonds is 4. The molecule has 1 aromatic heterocycles. The molecule has 2 aromatic carbocycles. The average molecular weight is 344 g/mol. The van der Waals surface area contributed by atoms with Gasteiger partial charge in [-0.15, -0.1) is 0 Å². The van der Waals surface area contributed by atoms with Gasteiger partial charge in [0.1, 0.15) is 0 Å². The van der Waals surface area contributed by atoms with Crippen LogP contribution in [0, 0.1) is 5.41 Å². The van der Waals surface area contributed by atoms with Gasteiger partial charge in [-0.25, -0.2) is 0 Å². The Balaban J connectivity index is 2.04. The molecule has 0 spiro atoms. The topological polar surface area (TPSA) is 39.3 Å². The third kappa shape index (κ3) is 4.57. The minimum Gasteiger partial charge on any atom is -0.854 e. The van der Waals surface area contributed by atoms with E-state index in [0.717, 1.165) is 23.2 Å². The molecule has 0 unspecified atom stereocenters. The van der Waals surface area contributed by atoms with E-state index < -0.39 is 0 Å². The molecule has 3 heteroatoms. The first-order valence-corrected chi connectivity index (χ1v) is 8.84. The maximum Gasteiger partial charge on any atom is 0.215 e. The Morgan fingerprint density at radius 1 is 0.885 bits per heavy atom. The zero-order chi connectivity index (χ0) is 18.6. The van der Waals surface area contributed by atoms with Gasteiger partial charge in [-0.05, 0) is 27.2 Å². The van der Waals surface area contributed by atoms with Crippen LogP contribution in [0.5, 0.6) is 0 Å². The Kier molecular flexibility index (Phi) is 5.17. The maximum atomic E-state index is 12.5. The summed E-state index contributed by atoms with van der Waals surface area (Å²) in [5.41, 5.74) is 3.98. The van der Waals surface area contributed by atoms with Crippen molar-refractivity contribution < 1.29 is 9.78 Å². The van der Waals surface area contributed by atoms with Gasteiger partial charge in [0.15, 0.2) is 0 Å². The van der Waals surface area contributed by atoms with Gasteiger partial charge >= 0.3 is 0 Å². The predicted molar refractivity (Wildman–Crippen MR) is 104 cm³/mol. The zero-order valence-electron chi connectivity index (χ0n) is 15.5. The van der Waals surface area contributed by atoms with Crippen molar-refractivity contribution in [3.05, 3.63) is 90.3 Å². The number of pyridine rings is 1. The molecule has 0 saturated carbocycles. The van der Waals surface area contributed by atoms with E-state index in [2.05, 4.69) is 44.1 Å². The van der Waals surface area contributed by atoms with Crippen molar-refractivity contribution in [2.75, 3.05) is 0 Å². The molecule has 0 N–H and O–H groups in total. The highest BCUT2D eigenvalue weighted by Crippen LogP contribution is 2.23. The molecular weight excluding hydrogens is 320 g/mol. The van der Waals surface area contributed by atoms with E-state index in [1.54, 1.807) is 16.8 Å². The van der Waals surface area contributed by atoms with Crippen LogP contribution >= 0.6 is 0 Å². The van der Waals surface area contributed by atoms with Gasteiger partial charge in [-0.3, -0.25) is 0 Å². The summed E-state index contributed by atoms with van der Waals surface area (Å²) in [5.74, 6) is -0.238. The second kappa shape index (κ2) is 7.52. The van der Waals surface area contributed by atoms with Crippen LogP contribution < -0.4 is 9.78 Å². The lowest BCUT2D eigenvalue weighted by molar-refractivity contribution is -0.689. The molecule has 0 fully saturated rings. The number of nitrogens with zero attached hydrogens (tertiary/aromatic N) is 2. The highest BCUT2D eigenvalue weighted by molar-refractivity contribution is 5.89. The van der Waals surface area contributed by atoms with Crippen molar-refractivity contribution in [3.8, 4) is 11.1 Å². The molecule has 1 heterocycles. The molecular formula is C23H24N2O. The molecule has 0 amide bonds. The molecule has 132 valence electrons. The van der Waals surface area contributed by atoms with Crippen molar-refractivity contribution in [2.24, 2.45) is 10.5 Å². The fourth-order valence-corrected chi connectivity index (χ4v) is 2.86. The van der Waals surface area contributed by atoms with Crippen molar-refractivity contribution in [1.29, 1.82) is 0 Å². The quantitative estimate of drug-likeness (QED) is 0.403. The molecule has 26 heavy (non-hydrogen) atoms. The maximum absolute atomic E-state index is 12.5. The Morgan fingerprint density at radius 3 is 2.12 bits per heavy atom. The van der Waals surface area contributed by atoms with E-state index in [9.17, 15) is 5.11 Å². The third-order valence-electron chi connectivity index (χ3n) is 4.05. The van der Waals surface area contributed by atoms with E-state index in [1.165, 1.54) is 0 Å². The predicted octanol–water partition coefficient (Wildman–Crippen LogP) is 3.80. The van der Waals surface area contributed by atoms with Crippen LogP contribution in [-0.2, 0) is 6.42 Å². The van der Waals surface area contributed by atoms with Gasteiger partial charge in [0.05, 0.1) is 5.90 Å². The van der Waals surface area contributed by atoms with Crippen LogP contribution in [0.4, 0.5) is 0 Å². The summed E-state index contributed by atoms with van der Waals surface area (Å²) in [6, 6.07) is 23.5. The first kappa shape index (κ1) is 17.9. The van der Waals surface area contributed by atoms with Crippen molar-refractivity contribution in [3.63, 3.8) is 0 Å². The second-order valence-electron chi connectivity index (χ2n) is 7.63. The summed E-state index contributed by atoms with van der Waals surface area (Å²) in [4.78, 5) is 0. The average Bonchev–Trinajstić information content (AvgIpc) is 2.63. The molecule has 0 aliphatic rings. The highest BCUT2D eigenvalue weighted by Gasteiger charge is 2.21. The number of hydrogen-bond donors (Lipinski definition) is 0. The van der Waals surface area contributed by atoms with Crippen LogP contribution in [0.25, 0.3) is 11.1 Å². The zero-order valence-corrected chi connectivity index (χ0v) is 15.5. The lowest BCUT2D eigenvalue weighted by Crippen LogP contribution is -2.39. The van der Waals surface area contributed by atoms with Crippen molar-refractivity contribution >= 4 is 5.90 Å². The Hall–Kier alpha value is -2.94. The van der Waals surface area contributed by atoms with E-state index in [-0.39, 0.29) is 11.3 Å². The summed E-state index contributed by atoms with van der Waals surface area (Å²) in [7, 11) is 0. The summed E-state index contributed by atoms with van der Waals surface area (Å²) >= 11 is 0. The Bertz CT molecular complexity index is 894. The summed E-state index contributed by atoms with van der Waals surface area (Å²) < 4.78 is 1.72. The molecule has 3 aromatic rings. The number of benzene rings is 2. The normalized spacial score (nSPS) is 12.2. The standard InChI is InChI=1S/C23H24N2O/c1-23(2,3)17-21-16-20(18-10-6-4-7-11-18)14-15-25(21)24-22(26)19-12-8-5-9-13-19/h4-16H,17H2,1-3H3. The summed E-state index contributed by atoms with van der Waals surface area (Å²) in [6.07, 6.45) is 2.70. The van der Waals surface area contributed by atoms with Crippen LogP contribution in [0.15, 0.2) is 84.1 Å². The summed E-state index contributed by atoms with van der Waals surface area (Å²) in [6.45, 7) is 6.56. The highest BCUT2D eigenvalue weighted by atomic mass is 16.3. The Labute approximate surface area is 155 Å². The number of hydrogen-bond acceptors (Lipinski definition) is 2. The molecule has 0 saturated heterocycles. The van der Waals surface area contributed by atoms with E-state index in [1.807, 2.05) is 48.7 Å². The van der Waals surface area contributed by atoms with Gasteiger partial charge in [-0.2, -0.15) is 0 Å². The fourth-order valence-electron chi connectivity index (χ4n) is 2.86. The molecule has 0 bridgehead atoms. The third-order valence-corrected chi connectivity index (χ3v) is 4.05. The van der Waals surface area contributed by atoms with Crippen LogP contribution in [0.2, 0.25) is 0 Å². The molecule has 3 rings (SSSR count). The van der Waals surface area contributed by atoms with E-state index in [4.69, 9.17) is 0 Å². The molecule has 0 radical (unpaired) electrons. The van der Waals surface area contributed by atoms with Gasteiger partial charge in [0.25, 0.3) is 0 Å². The minimum absolute atomic E-state index is 0.0857. The number of aromatic nitrogens is 1. The van der Waals surface area contributed by atoms with Crippen LogP contribution in [0.3, 0.4) is 0 Å². The van der Waals surface area contributed by atoms with Gasteiger partial charge in [0, 0.05) is 18.6 Å². The van der Waals surface area contributed by atoms with E-state index >= 15 is 0 Å². The summed E-state index contributed by atoms with van der Waals surface area (Å²) in [5, 5.41) is 16.8. The van der Waals surface area contributed by atoms with Crippen molar-refractivity contribution in [1.82, 2.24) is 0 Å². The van der Waals surface area contributed by atoms with Gasteiger partial charge < -0.3 is 5.11 Å². The fraction of sp³-hybridized carbons (Fsp3) is 0.217. The SMILES string of the molecule is CC(C)(C)Cc1cc(-c2ccccc2)cc[n+]1/N=C(\[O-])c1ccccc1. The molecule has 3 nitrogen and oxygen atoms in total. The van der Waals surface area contributed by atoms with Gasteiger partial charge in [-0.1, -0.05) is 86.1 Å². The van der Waals surface area contributed by atoms with E-state index in [0.29, 0.717) is 5.56 Å². The largest absolute Gasteiger partial charge is 0.854 e. The van der Waals surface area contributed by atoms with Gasteiger partial charge in [0.2, 0.25) is 11.9 Å². The van der Waals surface area contributed by atoms with Crippen LogP contribution in [0.1, 0.15) is 32.0 Å². The second-order valence-corrected chi connectivity index (χ2v) is 7.63. The lowest BCUT2D eigenvalue weighted by atomic mass is 9.89. The molecule has 0 aliphatic carbocycles. The minimum atomic E-state index is -0.238. The lowest BCUT2D eigenvalue weighted by Gasteiger charge is -2.16. The monoisotopic (exact) mass is 344 g/mol. The molecule has 0 atom stereocenters. The smallest absolute Gasteiger partial charge is 0.215 e. The van der Waals surface area contributed by atoms with Crippen LogP contribution in [-0.4, -0.2) is 5.90 Å². The first-order chi connectivity index (χ1) is 12.4.